The number of nitrogens with one attached hydrogen (secondary N) is 3. The first kappa shape index (κ1) is 18.6. The number of amides is 3. The molecule has 1 aromatic heterocycles. The standard InChI is InChI=1S/C20H21ClN4O3/c1-28-13-7-5-12(6-8-13)14-11-22-18(26)17(14)24-19(27)25-20(9-10-20)15-3-2-4-16(21)23-15/h2-8,14,17H,9-11H2,1H3,(H,22,26)(H2,24,25,27)/t14-,17?/m0/s1. The van der Waals surface area contributed by atoms with E-state index in [0.717, 1.165) is 29.8 Å². The fraction of sp³-hybridized carbons (Fsp3) is 0.350. The van der Waals surface area contributed by atoms with Gasteiger partial charge >= 0.3 is 6.03 Å². The van der Waals surface area contributed by atoms with Gasteiger partial charge in [0.1, 0.15) is 16.9 Å². The molecule has 2 heterocycles. The molecule has 28 heavy (non-hydrogen) atoms. The van der Waals surface area contributed by atoms with Gasteiger partial charge in [0.15, 0.2) is 0 Å². The van der Waals surface area contributed by atoms with E-state index < -0.39 is 11.6 Å². The highest BCUT2D eigenvalue weighted by atomic mass is 35.5. The zero-order valence-corrected chi connectivity index (χ0v) is 16.1. The van der Waals surface area contributed by atoms with Crippen LogP contribution in [0.25, 0.3) is 0 Å². The molecule has 4 rings (SSSR count). The van der Waals surface area contributed by atoms with Crippen molar-refractivity contribution in [2.45, 2.75) is 30.3 Å². The Morgan fingerprint density at radius 1 is 1.25 bits per heavy atom. The molecule has 1 saturated carbocycles. The van der Waals surface area contributed by atoms with Crippen molar-refractivity contribution in [1.82, 2.24) is 20.9 Å². The van der Waals surface area contributed by atoms with Crippen molar-refractivity contribution in [1.29, 1.82) is 0 Å². The summed E-state index contributed by atoms with van der Waals surface area (Å²) in [5.41, 5.74) is 1.18. The second-order valence-corrected chi connectivity index (χ2v) is 7.52. The van der Waals surface area contributed by atoms with Crippen LogP contribution in [0, 0.1) is 0 Å². The van der Waals surface area contributed by atoms with Gasteiger partial charge in [-0.2, -0.15) is 0 Å². The minimum absolute atomic E-state index is 0.149. The predicted molar refractivity (Wildman–Crippen MR) is 104 cm³/mol. The molecule has 1 aliphatic heterocycles. The van der Waals surface area contributed by atoms with Crippen LogP contribution in [0.3, 0.4) is 0 Å². The van der Waals surface area contributed by atoms with Crippen LogP contribution in [0.4, 0.5) is 4.79 Å². The van der Waals surface area contributed by atoms with E-state index in [0.29, 0.717) is 11.7 Å². The van der Waals surface area contributed by atoms with Gasteiger partial charge in [0.25, 0.3) is 0 Å². The third-order valence-electron chi connectivity index (χ3n) is 5.32. The van der Waals surface area contributed by atoms with Crippen molar-refractivity contribution in [2.24, 2.45) is 0 Å². The van der Waals surface area contributed by atoms with Crippen LogP contribution < -0.4 is 20.7 Å². The van der Waals surface area contributed by atoms with Gasteiger partial charge in [-0.05, 0) is 42.7 Å². The highest BCUT2D eigenvalue weighted by Crippen LogP contribution is 2.44. The lowest BCUT2D eigenvalue weighted by Crippen LogP contribution is -2.50. The van der Waals surface area contributed by atoms with Gasteiger partial charge in [0.2, 0.25) is 5.91 Å². The second kappa shape index (κ2) is 7.31. The van der Waals surface area contributed by atoms with Crippen molar-refractivity contribution in [3.8, 4) is 5.75 Å². The summed E-state index contributed by atoms with van der Waals surface area (Å²) in [6, 6.07) is 11.8. The molecule has 146 valence electrons. The van der Waals surface area contributed by atoms with Crippen LogP contribution in [0.1, 0.15) is 30.0 Å². The van der Waals surface area contributed by atoms with Crippen LogP contribution in [0.5, 0.6) is 5.75 Å². The maximum atomic E-state index is 12.7. The highest BCUT2D eigenvalue weighted by molar-refractivity contribution is 6.29. The molecular formula is C20H21ClN4O3. The Balaban J connectivity index is 1.46. The van der Waals surface area contributed by atoms with Gasteiger partial charge in [0.05, 0.1) is 18.3 Å². The Kier molecular flexibility index (Phi) is 4.85. The van der Waals surface area contributed by atoms with E-state index in [4.69, 9.17) is 16.3 Å². The molecule has 1 unspecified atom stereocenters. The lowest BCUT2D eigenvalue weighted by Gasteiger charge is -2.22. The highest BCUT2D eigenvalue weighted by Gasteiger charge is 2.48. The van der Waals surface area contributed by atoms with E-state index in [1.165, 1.54) is 0 Å². The lowest BCUT2D eigenvalue weighted by molar-refractivity contribution is -0.120. The molecule has 2 atom stereocenters. The molecule has 3 N–H and O–H groups in total. The third kappa shape index (κ3) is 3.62. The van der Waals surface area contributed by atoms with Crippen LogP contribution >= 0.6 is 11.6 Å². The molecule has 7 nitrogen and oxygen atoms in total. The van der Waals surface area contributed by atoms with Crippen molar-refractivity contribution in [3.63, 3.8) is 0 Å². The van der Waals surface area contributed by atoms with Crippen LogP contribution in [-0.4, -0.2) is 36.6 Å². The minimum atomic E-state index is -0.642. The number of urea groups is 1. The number of aromatic nitrogens is 1. The maximum Gasteiger partial charge on any atom is 0.316 e. The molecule has 3 amide bonds. The Hall–Kier alpha value is -2.80. The van der Waals surface area contributed by atoms with E-state index in [1.807, 2.05) is 36.4 Å². The smallest absolute Gasteiger partial charge is 0.316 e. The quantitative estimate of drug-likeness (QED) is 0.671. The Bertz CT molecular complexity index is 899. The van der Waals surface area contributed by atoms with E-state index in [1.54, 1.807) is 13.2 Å². The molecular weight excluding hydrogens is 380 g/mol. The number of carbonyl (C=O) groups excluding carboxylic acids is 2. The van der Waals surface area contributed by atoms with Crippen molar-refractivity contribution in [3.05, 3.63) is 58.9 Å². The topological polar surface area (TPSA) is 92.4 Å². The summed E-state index contributed by atoms with van der Waals surface area (Å²) in [6.45, 7) is 0.469. The number of pyridine rings is 1. The Morgan fingerprint density at radius 2 is 2.00 bits per heavy atom. The number of carbonyl (C=O) groups is 2. The number of benzene rings is 1. The van der Waals surface area contributed by atoms with E-state index in [9.17, 15) is 9.59 Å². The number of methoxy groups -OCH3 is 1. The van der Waals surface area contributed by atoms with Gasteiger partial charge < -0.3 is 20.7 Å². The summed E-state index contributed by atoms with van der Waals surface area (Å²) in [4.78, 5) is 29.3. The molecule has 1 aromatic carbocycles. The molecule has 0 spiro atoms. The first-order valence-corrected chi connectivity index (χ1v) is 9.52. The number of ether oxygens (including phenoxy) is 1. The van der Waals surface area contributed by atoms with Crippen LogP contribution in [0.15, 0.2) is 42.5 Å². The van der Waals surface area contributed by atoms with Gasteiger partial charge in [-0.3, -0.25) is 4.79 Å². The normalized spacial score (nSPS) is 22.3. The first-order chi connectivity index (χ1) is 13.5. The lowest BCUT2D eigenvalue weighted by atomic mass is 9.94. The second-order valence-electron chi connectivity index (χ2n) is 7.13. The predicted octanol–water partition coefficient (Wildman–Crippen LogP) is 2.31. The molecule has 0 bridgehead atoms. The largest absolute Gasteiger partial charge is 0.497 e. The summed E-state index contributed by atoms with van der Waals surface area (Å²) in [5.74, 6) is 0.401. The monoisotopic (exact) mass is 400 g/mol. The van der Waals surface area contributed by atoms with Gasteiger partial charge in [-0.1, -0.05) is 29.8 Å². The fourth-order valence-electron chi connectivity index (χ4n) is 3.59. The van der Waals surface area contributed by atoms with Gasteiger partial charge in [-0.25, -0.2) is 9.78 Å². The first-order valence-electron chi connectivity index (χ1n) is 9.14. The Morgan fingerprint density at radius 3 is 2.64 bits per heavy atom. The summed E-state index contributed by atoms with van der Waals surface area (Å²) in [5, 5.41) is 9.03. The number of hydrogen-bond acceptors (Lipinski definition) is 4. The SMILES string of the molecule is COc1ccc([C@@H]2CNC(=O)C2NC(=O)NC2(c3cccc(Cl)n3)CC2)cc1. The van der Waals surface area contributed by atoms with E-state index in [2.05, 4.69) is 20.9 Å². The summed E-state index contributed by atoms with van der Waals surface area (Å²) >= 11 is 5.98. The molecule has 0 radical (unpaired) electrons. The molecule has 1 aliphatic carbocycles. The summed E-state index contributed by atoms with van der Waals surface area (Å²) in [7, 11) is 1.60. The molecule has 8 heteroatoms. The maximum absolute atomic E-state index is 12.7. The van der Waals surface area contributed by atoms with Crippen LogP contribution in [0.2, 0.25) is 5.15 Å². The molecule has 1 saturated heterocycles. The number of nitrogens with zero attached hydrogens (tertiary/aromatic N) is 1. The van der Waals surface area contributed by atoms with Gasteiger partial charge in [-0.15, -0.1) is 0 Å². The van der Waals surface area contributed by atoms with E-state index in [-0.39, 0.29) is 17.9 Å². The summed E-state index contributed by atoms with van der Waals surface area (Å²) in [6.07, 6.45) is 1.57. The van der Waals surface area contributed by atoms with Crippen molar-refractivity contribution in [2.75, 3.05) is 13.7 Å². The average Bonchev–Trinajstić information content (AvgIpc) is 3.39. The number of halogens is 1. The number of hydrogen-bond donors (Lipinski definition) is 3. The van der Waals surface area contributed by atoms with E-state index >= 15 is 0 Å². The minimum Gasteiger partial charge on any atom is -0.497 e. The third-order valence-corrected chi connectivity index (χ3v) is 5.53. The summed E-state index contributed by atoms with van der Waals surface area (Å²) < 4.78 is 5.18. The zero-order valence-electron chi connectivity index (χ0n) is 15.4. The van der Waals surface area contributed by atoms with Gasteiger partial charge in [0, 0.05) is 12.5 Å². The molecule has 2 aliphatic rings. The average molecular weight is 401 g/mol. The number of rotatable bonds is 5. The van der Waals surface area contributed by atoms with Crippen LogP contribution in [-0.2, 0) is 10.3 Å². The zero-order chi connectivity index (χ0) is 19.7. The molecule has 2 aromatic rings. The van der Waals surface area contributed by atoms with Crippen molar-refractivity contribution < 1.29 is 14.3 Å². The van der Waals surface area contributed by atoms with Crippen molar-refractivity contribution >= 4 is 23.5 Å². The molecule has 2 fully saturated rings. The Labute approximate surface area is 167 Å². The fourth-order valence-corrected chi connectivity index (χ4v) is 3.75.